The normalized spacial score (nSPS) is 18.8. The Balaban J connectivity index is 2.59. The van der Waals surface area contributed by atoms with Crippen LogP contribution in [-0.4, -0.2) is 9.86 Å². The highest BCUT2D eigenvalue weighted by Gasteiger charge is 2.33. The van der Waals surface area contributed by atoms with Gasteiger partial charge >= 0.3 is 0 Å². The van der Waals surface area contributed by atoms with E-state index in [0.717, 1.165) is 0 Å². The number of hydrogen-bond donors (Lipinski definition) is 0. The molecule has 0 atom stereocenters. The van der Waals surface area contributed by atoms with Crippen LogP contribution in [-0.2, 0) is 4.79 Å². The first kappa shape index (κ1) is 16.8. The Hall–Kier alpha value is -0.240. The first-order valence-corrected chi connectivity index (χ1v) is 8.80. The number of thioether (sulfide) groups is 1. The smallest absolute Gasteiger partial charge is 0.214 e. The van der Waals surface area contributed by atoms with E-state index in [1.807, 2.05) is 6.92 Å². The molecule has 1 aliphatic carbocycles. The van der Waals surface area contributed by atoms with E-state index in [1.54, 1.807) is 11.8 Å². The molecule has 0 aliphatic heterocycles. The monoisotopic (exact) mass is 282 g/mol. The minimum atomic E-state index is 0.220. The van der Waals surface area contributed by atoms with Crippen LogP contribution in [0.4, 0.5) is 0 Å². The van der Waals surface area contributed by atoms with Crippen LogP contribution in [0.1, 0.15) is 84.5 Å². The van der Waals surface area contributed by atoms with Gasteiger partial charge in [-0.25, -0.2) is 0 Å². The number of carbonyl (C=O) groups is 1. The van der Waals surface area contributed by atoms with Gasteiger partial charge in [0.15, 0.2) is 0 Å². The van der Waals surface area contributed by atoms with E-state index in [1.165, 1.54) is 70.6 Å². The lowest BCUT2D eigenvalue weighted by Crippen LogP contribution is -2.26. The molecule has 110 valence electrons. The zero-order valence-electron chi connectivity index (χ0n) is 12.8. The Labute approximate surface area is 123 Å². The zero-order chi connectivity index (χ0) is 14.1. The quantitative estimate of drug-likeness (QED) is 0.329. The molecule has 0 radical (unpaired) electrons. The Bertz CT molecular complexity index is 288. The Morgan fingerprint density at radius 1 is 1.11 bits per heavy atom. The van der Waals surface area contributed by atoms with Gasteiger partial charge in [0.1, 0.15) is 0 Å². The summed E-state index contributed by atoms with van der Waals surface area (Å²) in [6.07, 6.45) is 14.2. The third-order valence-electron chi connectivity index (χ3n) is 4.16. The lowest BCUT2D eigenvalue weighted by Gasteiger charge is -2.31. The molecule has 0 heterocycles. The van der Waals surface area contributed by atoms with Gasteiger partial charge in [-0.2, -0.15) is 0 Å². The average Bonchev–Trinajstić information content (AvgIpc) is 2.61. The van der Waals surface area contributed by atoms with E-state index in [9.17, 15) is 4.79 Å². The Morgan fingerprint density at radius 3 is 2.26 bits per heavy atom. The van der Waals surface area contributed by atoms with Gasteiger partial charge in [0.05, 0.1) is 0 Å². The summed E-state index contributed by atoms with van der Waals surface area (Å²) < 4.78 is 0.222. The van der Waals surface area contributed by atoms with E-state index >= 15 is 0 Å². The first-order valence-electron chi connectivity index (χ1n) is 7.98. The van der Waals surface area contributed by atoms with Gasteiger partial charge in [-0.15, -0.1) is 0 Å². The van der Waals surface area contributed by atoms with Crippen molar-refractivity contribution < 1.29 is 4.79 Å². The highest BCUT2D eigenvalue weighted by atomic mass is 32.2. The minimum absolute atomic E-state index is 0.220. The first-order chi connectivity index (χ1) is 9.09. The van der Waals surface area contributed by atoms with Gasteiger partial charge in [-0.3, -0.25) is 4.79 Å². The van der Waals surface area contributed by atoms with Crippen molar-refractivity contribution in [2.24, 2.45) is 0 Å². The van der Waals surface area contributed by atoms with E-state index < -0.39 is 0 Å². The predicted molar refractivity (Wildman–Crippen MR) is 86.6 cm³/mol. The van der Waals surface area contributed by atoms with Crippen molar-refractivity contribution in [3.8, 4) is 0 Å². The van der Waals surface area contributed by atoms with Crippen molar-refractivity contribution in [2.45, 2.75) is 89.2 Å². The fraction of sp³-hybridized carbons (Fsp3) is 0.824. The summed E-state index contributed by atoms with van der Waals surface area (Å²) in [4.78, 5) is 12.1. The molecule has 1 fully saturated rings. The van der Waals surface area contributed by atoms with Gasteiger partial charge < -0.3 is 0 Å². The molecule has 0 bridgehead atoms. The lowest BCUT2D eigenvalue weighted by molar-refractivity contribution is -0.107. The Kier molecular flexibility index (Phi) is 7.82. The minimum Gasteiger partial charge on any atom is -0.282 e. The second-order valence-electron chi connectivity index (χ2n) is 6.08. The van der Waals surface area contributed by atoms with Crippen LogP contribution in [0.2, 0.25) is 0 Å². The van der Waals surface area contributed by atoms with E-state index in [-0.39, 0.29) is 9.86 Å². The standard InChI is InChI=1S/C17H30OS/c1-4-5-6-9-12-17(19-16(18)15(2)3)13-10-7-8-11-14-17/h2,4-14H2,1,3H3. The molecule has 0 aromatic heterocycles. The molecule has 2 heteroatoms. The van der Waals surface area contributed by atoms with Crippen LogP contribution in [0.25, 0.3) is 0 Å². The number of rotatable bonds is 7. The topological polar surface area (TPSA) is 17.1 Å². The third-order valence-corrected chi connectivity index (χ3v) is 5.74. The van der Waals surface area contributed by atoms with E-state index in [2.05, 4.69) is 13.5 Å². The molecule has 19 heavy (non-hydrogen) atoms. The maximum Gasteiger partial charge on any atom is 0.214 e. The van der Waals surface area contributed by atoms with Crippen LogP contribution in [0.5, 0.6) is 0 Å². The molecule has 1 nitrogen and oxygen atoms in total. The molecule has 0 amide bonds. The van der Waals surface area contributed by atoms with Crippen LogP contribution in [0, 0.1) is 0 Å². The maximum absolute atomic E-state index is 12.1. The molecule has 1 saturated carbocycles. The predicted octanol–water partition coefficient (Wildman–Crippen LogP) is 5.89. The van der Waals surface area contributed by atoms with Gasteiger partial charge in [0, 0.05) is 4.75 Å². The molecular weight excluding hydrogens is 252 g/mol. The molecule has 0 aromatic rings. The molecule has 0 unspecified atom stereocenters. The maximum atomic E-state index is 12.1. The number of hydrogen-bond acceptors (Lipinski definition) is 2. The van der Waals surface area contributed by atoms with E-state index in [0.29, 0.717) is 5.57 Å². The van der Waals surface area contributed by atoms with E-state index in [4.69, 9.17) is 0 Å². The number of carbonyl (C=O) groups excluding carboxylic acids is 1. The van der Waals surface area contributed by atoms with Crippen LogP contribution in [0.15, 0.2) is 12.2 Å². The molecule has 0 saturated heterocycles. The Morgan fingerprint density at radius 2 is 1.74 bits per heavy atom. The second-order valence-corrected chi connectivity index (χ2v) is 7.52. The van der Waals surface area contributed by atoms with Crippen molar-refractivity contribution >= 4 is 16.9 Å². The van der Waals surface area contributed by atoms with Crippen molar-refractivity contribution in [2.75, 3.05) is 0 Å². The summed E-state index contributed by atoms with van der Waals surface area (Å²) in [7, 11) is 0. The van der Waals surface area contributed by atoms with Crippen molar-refractivity contribution in [1.82, 2.24) is 0 Å². The highest BCUT2D eigenvalue weighted by Crippen LogP contribution is 2.43. The molecule has 1 rings (SSSR count). The highest BCUT2D eigenvalue weighted by molar-refractivity contribution is 8.15. The lowest BCUT2D eigenvalue weighted by atomic mass is 9.92. The van der Waals surface area contributed by atoms with Gasteiger partial charge in [-0.05, 0) is 31.8 Å². The molecule has 1 aliphatic rings. The third kappa shape index (κ3) is 6.16. The van der Waals surface area contributed by atoms with Crippen molar-refractivity contribution in [1.29, 1.82) is 0 Å². The molecule has 0 N–H and O–H groups in total. The summed E-state index contributed by atoms with van der Waals surface area (Å²) in [6.45, 7) is 7.91. The summed E-state index contributed by atoms with van der Waals surface area (Å²) in [6, 6.07) is 0. The summed E-state index contributed by atoms with van der Waals surface area (Å²) >= 11 is 1.61. The fourth-order valence-corrected chi connectivity index (χ4v) is 4.24. The zero-order valence-corrected chi connectivity index (χ0v) is 13.6. The van der Waals surface area contributed by atoms with Gasteiger partial charge in [-0.1, -0.05) is 76.6 Å². The largest absolute Gasteiger partial charge is 0.282 e. The summed E-state index contributed by atoms with van der Waals surface area (Å²) in [5.41, 5.74) is 0.710. The van der Waals surface area contributed by atoms with Gasteiger partial charge in [0.2, 0.25) is 5.12 Å². The van der Waals surface area contributed by atoms with Gasteiger partial charge in [0.25, 0.3) is 0 Å². The second kappa shape index (κ2) is 8.84. The summed E-state index contributed by atoms with van der Waals surface area (Å²) in [5, 5.41) is 0.220. The molecular formula is C17H30OS. The van der Waals surface area contributed by atoms with Crippen LogP contribution >= 0.6 is 11.8 Å². The SMILES string of the molecule is C=C(C)C(=O)SC1(CCCCCC)CCCCCC1. The van der Waals surface area contributed by atoms with Crippen molar-refractivity contribution in [3.05, 3.63) is 12.2 Å². The summed E-state index contributed by atoms with van der Waals surface area (Å²) in [5.74, 6) is 0. The molecule has 0 aromatic carbocycles. The van der Waals surface area contributed by atoms with Crippen molar-refractivity contribution in [3.63, 3.8) is 0 Å². The van der Waals surface area contributed by atoms with Crippen LogP contribution in [0.3, 0.4) is 0 Å². The fourth-order valence-electron chi connectivity index (χ4n) is 2.93. The molecule has 0 spiro atoms. The average molecular weight is 282 g/mol. The number of unbranched alkanes of at least 4 members (excludes halogenated alkanes) is 3. The van der Waals surface area contributed by atoms with Crippen LogP contribution < -0.4 is 0 Å².